The summed E-state index contributed by atoms with van der Waals surface area (Å²) in [7, 11) is 1.83. The van der Waals surface area contributed by atoms with Gasteiger partial charge in [0.25, 0.3) is 0 Å². The van der Waals surface area contributed by atoms with Crippen LogP contribution in [0.3, 0.4) is 0 Å². The van der Waals surface area contributed by atoms with Crippen molar-refractivity contribution in [2.45, 2.75) is 26.3 Å². The molecular weight excluding hydrogens is 208 g/mol. The molecule has 0 heterocycles. The highest BCUT2D eigenvalue weighted by Crippen LogP contribution is 2.11. The van der Waals surface area contributed by atoms with Gasteiger partial charge in [0.15, 0.2) is 0 Å². The van der Waals surface area contributed by atoms with Crippen LogP contribution >= 0.6 is 0 Å². The summed E-state index contributed by atoms with van der Waals surface area (Å²) in [5.41, 5.74) is 1.84. The average Bonchev–Trinajstić information content (AvgIpc) is 2.14. The molecule has 1 nitrogen and oxygen atoms in total. The number of benzene rings is 1. The highest BCUT2D eigenvalue weighted by molar-refractivity contribution is 5.20. The summed E-state index contributed by atoms with van der Waals surface area (Å²) >= 11 is 0. The third kappa shape index (κ3) is 4.11. The molecule has 0 aliphatic carbocycles. The zero-order chi connectivity index (χ0) is 12.1. The van der Waals surface area contributed by atoms with Gasteiger partial charge in [-0.1, -0.05) is 11.6 Å². The van der Waals surface area contributed by atoms with Gasteiger partial charge in [-0.3, -0.25) is 0 Å². The van der Waals surface area contributed by atoms with Gasteiger partial charge in [-0.2, -0.15) is 0 Å². The van der Waals surface area contributed by atoms with Crippen LogP contribution in [-0.2, 0) is 6.42 Å². The molecule has 1 atom stereocenters. The Balaban J connectivity index is 2.81. The lowest BCUT2D eigenvalue weighted by Gasteiger charge is -2.12. The first-order valence-corrected chi connectivity index (χ1v) is 5.28. The number of rotatable bonds is 4. The molecule has 3 heteroatoms. The van der Waals surface area contributed by atoms with Gasteiger partial charge < -0.3 is 5.32 Å². The molecule has 16 heavy (non-hydrogen) atoms. The fourth-order valence-corrected chi connectivity index (χ4v) is 1.63. The number of halogens is 2. The van der Waals surface area contributed by atoms with Crippen molar-refractivity contribution in [3.05, 3.63) is 47.0 Å². The summed E-state index contributed by atoms with van der Waals surface area (Å²) in [4.78, 5) is 0. The fourth-order valence-electron chi connectivity index (χ4n) is 1.63. The largest absolute Gasteiger partial charge is 0.313 e. The lowest BCUT2D eigenvalue weighted by Crippen LogP contribution is -2.25. The molecule has 1 aromatic rings. The van der Waals surface area contributed by atoms with Crippen molar-refractivity contribution < 1.29 is 8.78 Å². The van der Waals surface area contributed by atoms with Crippen LogP contribution in [0.1, 0.15) is 19.4 Å². The predicted octanol–water partition coefficient (Wildman–Crippen LogP) is 3.06. The second kappa shape index (κ2) is 5.75. The monoisotopic (exact) mass is 225 g/mol. The Morgan fingerprint density at radius 1 is 1.25 bits per heavy atom. The summed E-state index contributed by atoms with van der Waals surface area (Å²) in [6.07, 6.45) is 2.62. The summed E-state index contributed by atoms with van der Waals surface area (Å²) in [6, 6.07) is 3.73. The topological polar surface area (TPSA) is 12.0 Å². The van der Waals surface area contributed by atoms with Crippen molar-refractivity contribution in [1.29, 1.82) is 0 Å². The second-order valence-electron chi connectivity index (χ2n) is 4.12. The predicted molar refractivity (Wildman–Crippen MR) is 62.3 cm³/mol. The van der Waals surface area contributed by atoms with Crippen LogP contribution in [0.15, 0.2) is 29.8 Å². The van der Waals surface area contributed by atoms with Gasteiger partial charge in [-0.05, 0) is 45.0 Å². The molecule has 1 aromatic carbocycles. The Bertz CT molecular complexity index is 361. The first-order chi connectivity index (χ1) is 7.51. The molecule has 0 amide bonds. The Labute approximate surface area is 95.2 Å². The van der Waals surface area contributed by atoms with Crippen LogP contribution in [0.2, 0.25) is 0 Å². The molecule has 0 fully saturated rings. The van der Waals surface area contributed by atoms with E-state index in [0.717, 1.165) is 6.07 Å². The van der Waals surface area contributed by atoms with E-state index in [1.807, 2.05) is 27.0 Å². The van der Waals surface area contributed by atoms with E-state index >= 15 is 0 Å². The maximum Gasteiger partial charge on any atom is 0.126 e. The first kappa shape index (κ1) is 12.8. The highest BCUT2D eigenvalue weighted by Gasteiger charge is 2.06. The molecule has 1 rings (SSSR count). The molecule has 0 saturated carbocycles. The number of allylic oxidation sites excluding steroid dienone is 1. The smallest absolute Gasteiger partial charge is 0.126 e. The zero-order valence-corrected chi connectivity index (χ0v) is 9.85. The minimum Gasteiger partial charge on any atom is -0.313 e. The second-order valence-corrected chi connectivity index (χ2v) is 4.12. The van der Waals surface area contributed by atoms with Gasteiger partial charge in [0.2, 0.25) is 0 Å². The third-order valence-electron chi connectivity index (χ3n) is 2.28. The van der Waals surface area contributed by atoms with Gasteiger partial charge >= 0.3 is 0 Å². The lowest BCUT2D eigenvalue weighted by molar-refractivity contribution is 0.574. The van der Waals surface area contributed by atoms with Crippen LogP contribution in [0, 0.1) is 11.6 Å². The van der Waals surface area contributed by atoms with E-state index in [0.29, 0.717) is 12.0 Å². The molecule has 0 aliphatic rings. The molecule has 88 valence electrons. The van der Waals surface area contributed by atoms with Gasteiger partial charge in [0.1, 0.15) is 11.6 Å². The van der Waals surface area contributed by atoms with Crippen LogP contribution in [0.25, 0.3) is 0 Å². The van der Waals surface area contributed by atoms with E-state index < -0.39 is 11.6 Å². The van der Waals surface area contributed by atoms with Gasteiger partial charge in [0.05, 0.1) is 0 Å². The molecule has 0 radical (unpaired) electrons. The summed E-state index contributed by atoms with van der Waals surface area (Å²) in [6.45, 7) is 3.99. The maximum atomic E-state index is 13.0. The number of likely N-dealkylation sites (N-methyl/N-ethyl adjacent to an activating group) is 1. The molecule has 0 spiro atoms. The normalized spacial score (nSPS) is 12.3. The summed E-state index contributed by atoms with van der Waals surface area (Å²) in [5.74, 6) is -1.05. The molecule has 0 aliphatic heterocycles. The molecule has 0 bridgehead atoms. The lowest BCUT2D eigenvalue weighted by atomic mass is 10.0. The van der Waals surface area contributed by atoms with E-state index in [4.69, 9.17) is 0 Å². The number of hydrogen-bond donors (Lipinski definition) is 1. The van der Waals surface area contributed by atoms with Crippen molar-refractivity contribution in [3.63, 3.8) is 0 Å². The van der Waals surface area contributed by atoms with Crippen molar-refractivity contribution in [2.24, 2.45) is 0 Å². The SMILES string of the molecule is CNC(C=C(C)C)Cc1cc(F)cc(F)c1. The Morgan fingerprint density at radius 2 is 1.81 bits per heavy atom. The minimum atomic E-state index is -0.526. The Kier molecular flexibility index (Phi) is 4.62. The first-order valence-electron chi connectivity index (χ1n) is 5.28. The van der Waals surface area contributed by atoms with Crippen molar-refractivity contribution in [3.8, 4) is 0 Å². The summed E-state index contributed by atoms with van der Waals surface area (Å²) < 4.78 is 25.9. The van der Waals surface area contributed by atoms with E-state index in [1.165, 1.54) is 17.7 Å². The highest BCUT2D eigenvalue weighted by atomic mass is 19.1. The Morgan fingerprint density at radius 3 is 2.25 bits per heavy atom. The van der Waals surface area contributed by atoms with Crippen LogP contribution in [0.4, 0.5) is 8.78 Å². The average molecular weight is 225 g/mol. The van der Waals surface area contributed by atoms with Crippen LogP contribution < -0.4 is 5.32 Å². The molecule has 1 unspecified atom stereocenters. The Hall–Kier alpha value is -1.22. The van der Waals surface area contributed by atoms with Crippen molar-refractivity contribution >= 4 is 0 Å². The van der Waals surface area contributed by atoms with Gasteiger partial charge in [-0.25, -0.2) is 8.78 Å². The van der Waals surface area contributed by atoms with Crippen LogP contribution in [-0.4, -0.2) is 13.1 Å². The fraction of sp³-hybridized carbons (Fsp3) is 0.385. The number of nitrogens with one attached hydrogen (secondary N) is 1. The van der Waals surface area contributed by atoms with E-state index in [1.54, 1.807) is 0 Å². The number of hydrogen-bond acceptors (Lipinski definition) is 1. The van der Waals surface area contributed by atoms with Gasteiger partial charge in [-0.15, -0.1) is 0 Å². The standard InChI is InChI=1S/C13H17F2N/c1-9(2)4-13(16-3)7-10-5-11(14)8-12(15)6-10/h4-6,8,13,16H,7H2,1-3H3. The summed E-state index contributed by atoms with van der Waals surface area (Å²) in [5, 5.41) is 3.10. The minimum absolute atomic E-state index is 0.103. The molecular formula is C13H17F2N. The van der Waals surface area contributed by atoms with Crippen molar-refractivity contribution in [1.82, 2.24) is 5.32 Å². The quantitative estimate of drug-likeness (QED) is 0.776. The van der Waals surface area contributed by atoms with E-state index in [9.17, 15) is 8.78 Å². The maximum absolute atomic E-state index is 13.0. The van der Waals surface area contributed by atoms with Crippen LogP contribution in [0.5, 0.6) is 0 Å². The molecule has 1 N–H and O–H groups in total. The van der Waals surface area contributed by atoms with Gasteiger partial charge in [0, 0.05) is 12.1 Å². The van der Waals surface area contributed by atoms with Crippen molar-refractivity contribution in [2.75, 3.05) is 7.05 Å². The molecule has 0 aromatic heterocycles. The zero-order valence-electron chi connectivity index (χ0n) is 9.85. The van der Waals surface area contributed by atoms with E-state index in [2.05, 4.69) is 5.32 Å². The van der Waals surface area contributed by atoms with E-state index in [-0.39, 0.29) is 6.04 Å². The third-order valence-corrected chi connectivity index (χ3v) is 2.28. The molecule has 0 saturated heterocycles.